The van der Waals surface area contributed by atoms with Gasteiger partial charge in [0.1, 0.15) is 23.9 Å². The number of fused-ring (bicyclic) bond motifs is 1. The van der Waals surface area contributed by atoms with Crippen molar-refractivity contribution in [2.24, 2.45) is 0 Å². The third-order valence-corrected chi connectivity index (χ3v) is 6.72. The minimum Gasteiger partial charge on any atom is -0.496 e. The first-order valence-electron chi connectivity index (χ1n) is 11.5. The second-order valence-corrected chi connectivity index (χ2v) is 8.72. The van der Waals surface area contributed by atoms with E-state index in [1.54, 1.807) is 14.2 Å². The van der Waals surface area contributed by atoms with E-state index in [1.165, 1.54) is 12.8 Å². The van der Waals surface area contributed by atoms with Gasteiger partial charge in [0.2, 0.25) is 0 Å². The molecule has 33 heavy (non-hydrogen) atoms. The molecule has 2 aliphatic rings. The third-order valence-electron chi connectivity index (χ3n) is 6.72. The standard InChI is InChI=1S/C28H29NO4/c1-31-25-11-6-12-26(32-2)27(25)20-8-5-7-19(15-20)18-33-23-13-14-24-21(16-23)17-29(28(24)30)22-9-3-4-10-22/h5-8,11-16,22H,3-4,9-10,17-18H2,1-2H3. The number of hydrogen-bond acceptors (Lipinski definition) is 4. The Hall–Kier alpha value is -3.47. The molecular weight excluding hydrogens is 414 g/mol. The molecule has 0 spiro atoms. The van der Waals surface area contributed by atoms with Gasteiger partial charge in [0, 0.05) is 18.2 Å². The van der Waals surface area contributed by atoms with Gasteiger partial charge in [-0.05, 0) is 65.9 Å². The Kier molecular flexibility index (Phi) is 5.95. The van der Waals surface area contributed by atoms with Crippen molar-refractivity contribution in [3.05, 3.63) is 77.4 Å². The summed E-state index contributed by atoms with van der Waals surface area (Å²) in [6, 6.07) is 20.2. The Morgan fingerprint density at radius 1 is 0.909 bits per heavy atom. The van der Waals surface area contributed by atoms with Crippen LogP contribution in [0.5, 0.6) is 17.2 Å². The van der Waals surface area contributed by atoms with E-state index >= 15 is 0 Å². The highest BCUT2D eigenvalue weighted by molar-refractivity contribution is 5.98. The zero-order valence-corrected chi connectivity index (χ0v) is 19.2. The van der Waals surface area contributed by atoms with E-state index in [1.807, 2.05) is 59.5 Å². The lowest BCUT2D eigenvalue weighted by Crippen LogP contribution is -2.33. The zero-order valence-electron chi connectivity index (χ0n) is 19.2. The molecule has 0 radical (unpaired) electrons. The molecule has 0 N–H and O–H groups in total. The minimum absolute atomic E-state index is 0.168. The Balaban J connectivity index is 1.32. The molecule has 1 fully saturated rings. The number of methoxy groups -OCH3 is 2. The van der Waals surface area contributed by atoms with Crippen molar-refractivity contribution in [3.8, 4) is 28.4 Å². The maximum Gasteiger partial charge on any atom is 0.254 e. The van der Waals surface area contributed by atoms with E-state index in [0.29, 0.717) is 19.2 Å². The summed E-state index contributed by atoms with van der Waals surface area (Å²) >= 11 is 0. The van der Waals surface area contributed by atoms with Crippen LogP contribution >= 0.6 is 0 Å². The van der Waals surface area contributed by atoms with E-state index in [2.05, 4.69) is 6.07 Å². The van der Waals surface area contributed by atoms with Gasteiger partial charge >= 0.3 is 0 Å². The van der Waals surface area contributed by atoms with Crippen LogP contribution in [-0.2, 0) is 13.2 Å². The van der Waals surface area contributed by atoms with Crippen molar-refractivity contribution in [3.63, 3.8) is 0 Å². The Morgan fingerprint density at radius 3 is 2.36 bits per heavy atom. The maximum atomic E-state index is 12.8. The van der Waals surface area contributed by atoms with Crippen molar-refractivity contribution in [1.82, 2.24) is 4.90 Å². The van der Waals surface area contributed by atoms with Crippen molar-refractivity contribution in [2.75, 3.05) is 14.2 Å². The molecule has 1 heterocycles. The van der Waals surface area contributed by atoms with Crippen LogP contribution in [0, 0.1) is 0 Å². The van der Waals surface area contributed by atoms with E-state index in [9.17, 15) is 4.79 Å². The van der Waals surface area contributed by atoms with Crippen LogP contribution in [0.25, 0.3) is 11.1 Å². The zero-order chi connectivity index (χ0) is 22.8. The Bertz CT molecular complexity index is 1140. The summed E-state index contributed by atoms with van der Waals surface area (Å²) in [5.41, 5.74) is 4.87. The van der Waals surface area contributed by atoms with Gasteiger partial charge in [-0.3, -0.25) is 4.79 Å². The van der Waals surface area contributed by atoms with Crippen LogP contribution < -0.4 is 14.2 Å². The molecule has 1 aliphatic heterocycles. The Morgan fingerprint density at radius 2 is 1.64 bits per heavy atom. The largest absolute Gasteiger partial charge is 0.496 e. The van der Waals surface area contributed by atoms with Gasteiger partial charge < -0.3 is 19.1 Å². The van der Waals surface area contributed by atoms with Crippen molar-refractivity contribution in [1.29, 1.82) is 0 Å². The van der Waals surface area contributed by atoms with Crippen LogP contribution in [0.15, 0.2) is 60.7 Å². The SMILES string of the molecule is COc1cccc(OC)c1-c1cccc(COc2ccc3c(c2)CN(C2CCCC2)C3=O)c1. The maximum absolute atomic E-state index is 12.8. The molecule has 1 amide bonds. The van der Waals surface area contributed by atoms with Gasteiger partial charge in [0.05, 0.1) is 19.8 Å². The summed E-state index contributed by atoms with van der Waals surface area (Å²) in [5.74, 6) is 2.49. The number of carbonyl (C=O) groups excluding carboxylic acids is 1. The Labute approximate surface area is 194 Å². The number of carbonyl (C=O) groups is 1. The number of benzene rings is 3. The molecule has 0 saturated heterocycles. The normalized spacial score (nSPS) is 15.6. The smallest absolute Gasteiger partial charge is 0.254 e. The predicted molar refractivity (Wildman–Crippen MR) is 128 cm³/mol. The van der Waals surface area contributed by atoms with Crippen molar-refractivity contribution < 1.29 is 19.0 Å². The highest BCUT2D eigenvalue weighted by atomic mass is 16.5. The molecule has 0 atom stereocenters. The monoisotopic (exact) mass is 443 g/mol. The molecule has 0 unspecified atom stereocenters. The highest BCUT2D eigenvalue weighted by Gasteiger charge is 2.34. The number of rotatable bonds is 7. The van der Waals surface area contributed by atoms with Crippen LogP contribution in [0.2, 0.25) is 0 Å². The van der Waals surface area contributed by atoms with Crippen molar-refractivity contribution in [2.45, 2.75) is 44.9 Å². The minimum atomic E-state index is 0.168. The molecule has 5 heteroatoms. The first-order valence-corrected chi connectivity index (χ1v) is 11.5. The number of nitrogens with zero attached hydrogens (tertiary/aromatic N) is 1. The van der Waals surface area contributed by atoms with Crippen LogP contribution in [-0.4, -0.2) is 31.1 Å². The first kappa shape index (κ1) is 21.4. The second kappa shape index (κ2) is 9.18. The van der Waals surface area contributed by atoms with Gasteiger partial charge in [-0.2, -0.15) is 0 Å². The fraction of sp³-hybridized carbons (Fsp3) is 0.321. The molecule has 5 rings (SSSR count). The van der Waals surface area contributed by atoms with E-state index in [4.69, 9.17) is 14.2 Å². The van der Waals surface area contributed by atoms with Crippen LogP contribution in [0.1, 0.15) is 47.2 Å². The summed E-state index contributed by atoms with van der Waals surface area (Å²) in [7, 11) is 3.33. The second-order valence-electron chi connectivity index (χ2n) is 8.72. The van der Waals surface area contributed by atoms with E-state index in [-0.39, 0.29) is 5.91 Å². The average molecular weight is 444 g/mol. The quantitative estimate of drug-likeness (QED) is 0.460. The van der Waals surface area contributed by atoms with E-state index < -0.39 is 0 Å². The third kappa shape index (κ3) is 4.15. The fourth-order valence-corrected chi connectivity index (χ4v) is 5.04. The molecule has 1 aliphatic carbocycles. The lowest BCUT2D eigenvalue weighted by molar-refractivity contribution is 0.0707. The van der Waals surface area contributed by atoms with Gasteiger partial charge in [0.15, 0.2) is 0 Å². The number of ether oxygens (including phenoxy) is 3. The fourth-order valence-electron chi connectivity index (χ4n) is 5.04. The van der Waals surface area contributed by atoms with Crippen molar-refractivity contribution >= 4 is 5.91 Å². The lowest BCUT2D eigenvalue weighted by Gasteiger charge is -2.23. The summed E-state index contributed by atoms with van der Waals surface area (Å²) in [6.45, 7) is 1.13. The molecule has 3 aromatic carbocycles. The first-order chi connectivity index (χ1) is 16.2. The molecule has 170 valence electrons. The van der Waals surface area contributed by atoms with Gasteiger partial charge in [-0.15, -0.1) is 0 Å². The lowest BCUT2D eigenvalue weighted by atomic mass is 10.0. The molecule has 5 nitrogen and oxygen atoms in total. The molecule has 0 bridgehead atoms. The number of amides is 1. The summed E-state index contributed by atoms with van der Waals surface area (Å²) in [4.78, 5) is 14.9. The summed E-state index contributed by atoms with van der Waals surface area (Å²) in [6.07, 6.45) is 4.69. The van der Waals surface area contributed by atoms with Crippen LogP contribution in [0.4, 0.5) is 0 Å². The summed E-state index contributed by atoms with van der Waals surface area (Å²) < 4.78 is 17.3. The van der Waals surface area contributed by atoms with Crippen LogP contribution in [0.3, 0.4) is 0 Å². The highest BCUT2D eigenvalue weighted by Crippen LogP contribution is 2.38. The van der Waals surface area contributed by atoms with Gasteiger partial charge in [-0.1, -0.05) is 37.1 Å². The van der Waals surface area contributed by atoms with Gasteiger partial charge in [-0.25, -0.2) is 0 Å². The topological polar surface area (TPSA) is 48.0 Å². The molecule has 0 aromatic heterocycles. The average Bonchev–Trinajstić information content (AvgIpc) is 3.50. The predicted octanol–water partition coefficient (Wildman–Crippen LogP) is 5.85. The summed E-state index contributed by atoms with van der Waals surface area (Å²) in [5, 5.41) is 0. The molecule has 1 saturated carbocycles. The van der Waals surface area contributed by atoms with E-state index in [0.717, 1.165) is 57.9 Å². The van der Waals surface area contributed by atoms with Gasteiger partial charge in [0.25, 0.3) is 5.91 Å². The molecule has 3 aromatic rings. The molecular formula is C28H29NO4. The number of hydrogen-bond donors (Lipinski definition) is 0.